The Morgan fingerprint density at radius 3 is 2.53 bits per heavy atom. The van der Waals surface area contributed by atoms with Gasteiger partial charge in [-0.2, -0.15) is 0 Å². The first-order chi connectivity index (χ1) is 14.4. The summed E-state index contributed by atoms with van der Waals surface area (Å²) in [6.07, 6.45) is 0. The maximum atomic E-state index is 12.4. The average molecular weight is 474 g/mol. The van der Waals surface area contributed by atoms with E-state index in [-0.39, 0.29) is 24.6 Å². The third-order valence-corrected chi connectivity index (χ3v) is 5.15. The number of ketones is 1. The highest BCUT2D eigenvalue weighted by Crippen LogP contribution is 2.30. The molecule has 7 nitrogen and oxygen atoms in total. The van der Waals surface area contributed by atoms with Crippen LogP contribution < -0.4 is 9.47 Å². The monoisotopic (exact) mass is 473 g/mol. The lowest BCUT2D eigenvalue weighted by Crippen LogP contribution is -2.14. The number of aryl methyl sites for hydroxylation is 2. The largest absolute Gasteiger partial charge is 0.493 e. The average Bonchev–Trinajstić information content (AvgIpc) is 3.07. The Bertz CT molecular complexity index is 1060. The molecule has 0 bridgehead atoms. The maximum Gasteiger partial charge on any atom is 0.338 e. The molecule has 3 aromatic rings. The molecule has 0 aliphatic heterocycles. The molecule has 0 aliphatic carbocycles. The molecule has 0 radical (unpaired) electrons. The molecule has 0 aliphatic rings. The van der Waals surface area contributed by atoms with Gasteiger partial charge in [0.25, 0.3) is 0 Å². The molecule has 30 heavy (non-hydrogen) atoms. The van der Waals surface area contributed by atoms with E-state index in [4.69, 9.17) is 18.7 Å². The molecule has 3 rings (SSSR count). The lowest BCUT2D eigenvalue weighted by Gasteiger charge is -2.12. The number of methoxy groups -OCH3 is 1. The number of benzene rings is 2. The van der Waals surface area contributed by atoms with Crippen molar-refractivity contribution in [3.8, 4) is 11.5 Å². The summed E-state index contributed by atoms with van der Waals surface area (Å²) >= 11 is 3.31. The molecule has 0 amide bonds. The molecule has 2 aromatic carbocycles. The summed E-state index contributed by atoms with van der Waals surface area (Å²) in [5.74, 6) is 0.571. The van der Waals surface area contributed by atoms with E-state index in [1.165, 1.54) is 13.2 Å². The minimum Gasteiger partial charge on any atom is -0.493 e. The second-order valence-corrected chi connectivity index (χ2v) is 7.29. The van der Waals surface area contributed by atoms with Gasteiger partial charge in [0, 0.05) is 10.0 Å². The zero-order valence-electron chi connectivity index (χ0n) is 16.7. The normalized spacial score (nSPS) is 10.5. The highest BCUT2D eigenvalue weighted by Gasteiger charge is 2.17. The van der Waals surface area contributed by atoms with Gasteiger partial charge in [0.2, 0.25) is 5.78 Å². The molecule has 156 valence electrons. The van der Waals surface area contributed by atoms with Gasteiger partial charge >= 0.3 is 5.97 Å². The molecule has 1 heterocycles. The van der Waals surface area contributed by atoms with Crippen LogP contribution in [0.3, 0.4) is 0 Å². The molecule has 1 aromatic heterocycles. The summed E-state index contributed by atoms with van der Waals surface area (Å²) in [6, 6.07) is 11.6. The highest BCUT2D eigenvalue weighted by atomic mass is 79.9. The highest BCUT2D eigenvalue weighted by molar-refractivity contribution is 9.10. The molecule has 0 N–H and O–H groups in total. The van der Waals surface area contributed by atoms with Crippen LogP contribution in [-0.2, 0) is 11.3 Å². The number of carbonyl (C=O) groups excluding carboxylic acids is 2. The van der Waals surface area contributed by atoms with Crippen molar-refractivity contribution in [1.82, 2.24) is 5.16 Å². The number of halogens is 1. The van der Waals surface area contributed by atoms with E-state index in [1.54, 1.807) is 36.4 Å². The molecule has 0 fully saturated rings. The van der Waals surface area contributed by atoms with Crippen molar-refractivity contribution < 1.29 is 28.3 Å². The van der Waals surface area contributed by atoms with Crippen molar-refractivity contribution in [3.05, 3.63) is 75.1 Å². The number of hydrogen-bond acceptors (Lipinski definition) is 7. The van der Waals surface area contributed by atoms with Crippen LogP contribution in [0.15, 0.2) is 51.5 Å². The van der Waals surface area contributed by atoms with Gasteiger partial charge in [-0.1, -0.05) is 39.3 Å². The second-order valence-electron chi connectivity index (χ2n) is 6.44. The summed E-state index contributed by atoms with van der Waals surface area (Å²) in [5.41, 5.74) is 2.30. The van der Waals surface area contributed by atoms with Gasteiger partial charge in [-0.3, -0.25) is 4.79 Å². The van der Waals surface area contributed by atoms with Crippen LogP contribution in [0, 0.1) is 13.8 Å². The van der Waals surface area contributed by atoms with Crippen LogP contribution in [0.5, 0.6) is 11.5 Å². The molecular formula is C22H20BrNO6. The Morgan fingerprint density at radius 2 is 1.87 bits per heavy atom. The molecule has 0 spiro atoms. The van der Waals surface area contributed by atoms with Gasteiger partial charge in [-0.05, 0) is 38.1 Å². The molecule has 0 atom stereocenters. The number of esters is 1. The van der Waals surface area contributed by atoms with E-state index in [2.05, 4.69) is 21.1 Å². The predicted molar refractivity (Wildman–Crippen MR) is 112 cm³/mol. The van der Waals surface area contributed by atoms with E-state index in [1.807, 2.05) is 13.8 Å². The van der Waals surface area contributed by atoms with Crippen LogP contribution in [0.2, 0.25) is 0 Å². The van der Waals surface area contributed by atoms with Crippen molar-refractivity contribution in [2.45, 2.75) is 20.5 Å². The zero-order chi connectivity index (χ0) is 21.7. The fourth-order valence-electron chi connectivity index (χ4n) is 2.75. The smallest absolute Gasteiger partial charge is 0.338 e. The van der Waals surface area contributed by atoms with E-state index in [0.717, 1.165) is 11.3 Å². The number of ether oxygens (including phenoxy) is 3. The predicted octanol–water partition coefficient (Wildman–Crippen LogP) is 4.68. The Labute approximate surface area is 182 Å². The molecule has 8 heteroatoms. The Balaban J connectivity index is 1.65. The van der Waals surface area contributed by atoms with Gasteiger partial charge in [-0.25, -0.2) is 4.79 Å². The summed E-state index contributed by atoms with van der Waals surface area (Å²) in [7, 11) is 1.48. The first-order valence-corrected chi connectivity index (χ1v) is 9.87. The van der Waals surface area contributed by atoms with Crippen LogP contribution in [0.25, 0.3) is 0 Å². The van der Waals surface area contributed by atoms with Gasteiger partial charge in [0.15, 0.2) is 18.1 Å². The van der Waals surface area contributed by atoms with Gasteiger partial charge in [0.05, 0.1) is 23.9 Å². The number of carbonyl (C=O) groups is 2. The van der Waals surface area contributed by atoms with Crippen LogP contribution in [-0.4, -0.2) is 30.6 Å². The molecule has 0 saturated heterocycles. The molecule has 0 unspecified atom stereocenters. The first-order valence-electron chi connectivity index (χ1n) is 9.08. The standard InChI is InChI=1S/C22H20BrNO6/c1-13-17(14(2)30-24-13)11-28-20-9-8-15(10-21(20)27-3)22(26)29-12-19(25)16-6-4-5-7-18(16)23/h4-10H,11-12H2,1-3H3. The third kappa shape index (κ3) is 4.88. The number of Topliss-reactive ketones (excluding diaryl/α,β-unsaturated/α-hetero) is 1. The lowest BCUT2D eigenvalue weighted by atomic mass is 10.1. The van der Waals surface area contributed by atoms with E-state index in [9.17, 15) is 9.59 Å². The Hall–Kier alpha value is -3.13. The number of rotatable bonds is 8. The van der Waals surface area contributed by atoms with Gasteiger partial charge in [0.1, 0.15) is 12.4 Å². The van der Waals surface area contributed by atoms with Crippen LogP contribution >= 0.6 is 15.9 Å². The quantitative estimate of drug-likeness (QED) is 0.346. The van der Waals surface area contributed by atoms with Crippen molar-refractivity contribution in [3.63, 3.8) is 0 Å². The third-order valence-electron chi connectivity index (χ3n) is 4.46. The minimum atomic E-state index is -0.633. The minimum absolute atomic E-state index is 0.247. The zero-order valence-corrected chi connectivity index (χ0v) is 18.3. The summed E-state index contributed by atoms with van der Waals surface area (Å²) in [6.45, 7) is 3.53. The topological polar surface area (TPSA) is 87.9 Å². The van der Waals surface area contributed by atoms with Crippen LogP contribution in [0.1, 0.15) is 37.7 Å². The summed E-state index contributed by atoms with van der Waals surface area (Å²) in [4.78, 5) is 24.6. The van der Waals surface area contributed by atoms with Crippen molar-refractivity contribution in [1.29, 1.82) is 0 Å². The summed E-state index contributed by atoms with van der Waals surface area (Å²) in [5, 5.41) is 3.89. The Kier molecular flexibility index (Phi) is 6.89. The number of nitrogens with zero attached hydrogens (tertiary/aromatic N) is 1. The molecule has 0 saturated carbocycles. The molecular weight excluding hydrogens is 454 g/mol. The lowest BCUT2D eigenvalue weighted by molar-refractivity contribution is 0.0474. The van der Waals surface area contributed by atoms with E-state index < -0.39 is 5.97 Å². The van der Waals surface area contributed by atoms with Crippen LogP contribution in [0.4, 0.5) is 0 Å². The number of hydrogen-bond donors (Lipinski definition) is 0. The van der Waals surface area contributed by atoms with Crippen molar-refractivity contribution in [2.75, 3.05) is 13.7 Å². The van der Waals surface area contributed by atoms with Gasteiger partial charge < -0.3 is 18.7 Å². The number of aromatic nitrogens is 1. The van der Waals surface area contributed by atoms with E-state index in [0.29, 0.717) is 27.3 Å². The second kappa shape index (κ2) is 9.58. The maximum absolute atomic E-state index is 12.4. The first kappa shape index (κ1) is 21.6. The summed E-state index contributed by atoms with van der Waals surface area (Å²) < 4.78 is 22.1. The van der Waals surface area contributed by atoms with Crippen molar-refractivity contribution >= 4 is 27.7 Å². The fourth-order valence-corrected chi connectivity index (χ4v) is 3.26. The Morgan fingerprint density at radius 1 is 1.10 bits per heavy atom. The SMILES string of the molecule is COc1cc(C(=O)OCC(=O)c2ccccc2Br)ccc1OCc1c(C)noc1C. The van der Waals surface area contributed by atoms with E-state index >= 15 is 0 Å². The fraction of sp³-hybridized carbons (Fsp3) is 0.227. The van der Waals surface area contributed by atoms with Gasteiger partial charge in [-0.15, -0.1) is 0 Å². The van der Waals surface area contributed by atoms with Crippen molar-refractivity contribution in [2.24, 2.45) is 0 Å².